The van der Waals surface area contributed by atoms with E-state index in [1.54, 1.807) is 18.2 Å². The number of hydrogen-bond donors (Lipinski definition) is 0. The van der Waals surface area contributed by atoms with Gasteiger partial charge in [-0.05, 0) is 89.9 Å². The lowest BCUT2D eigenvalue weighted by Gasteiger charge is -2.26. The molecule has 242 valence electrons. The molecule has 47 heavy (non-hydrogen) atoms. The zero-order valence-corrected chi connectivity index (χ0v) is 30.6. The summed E-state index contributed by atoms with van der Waals surface area (Å²) in [4.78, 5) is 2.05. The first-order chi connectivity index (χ1) is 22.7. The molecular weight excluding hydrogens is 736 g/mol. The van der Waals surface area contributed by atoms with Crippen molar-refractivity contribution in [3.8, 4) is 0 Å². The van der Waals surface area contributed by atoms with Gasteiger partial charge in [0.05, 0.1) is 4.90 Å². The van der Waals surface area contributed by atoms with Crippen LogP contribution in [0.15, 0.2) is 141 Å². The van der Waals surface area contributed by atoms with E-state index >= 15 is 0 Å². The highest BCUT2D eigenvalue weighted by Crippen LogP contribution is 2.36. The first-order valence-electron chi connectivity index (χ1n) is 15.9. The van der Waals surface area contributed by atoms with Crippen molar-refractivity contribution in [2.45, 2.75) is 44.4 Å². The van der Waals surface area contributed by atoms with Gasteiger partial charge in [0.1, 0.15) is 16.7 Å². The standard InChI is InChI=1S/C39H38Br2N2O3S/c1-3-5-27-42(35-23-15-31(40)16-24-35)33-19-11-29(12-20-33)39(37-9-7-8-10-38(37)47(44,45)46)30-13-21-34(22-14-30)43(28-6-4-2)36-25-17-32(41)18-26-36/h7-26H,3-6,27-28H2,1-2H3. The Bertz CT molecular complexity index is 1910. The number of benzene rings is 4. The van der Waals surface area contributed by atoms with Crippen molar-refractivity contribution in [2.75, 3.05) is 18.0 Å². The third kappa shape index (κ3) is 8.68. The summed E-state index contributed by atoms with van der Waals surface area (Å²) < 4.78 is 41.8. The molecule has 0 saturated heterocycles. The lowest BCUT2D eigenvalue weighted by molar-refractivity contribution is -0.439. The van der Waals surface area contributed by atoms with Crippen LogP contribution >= 0.6 is 31.9 Å². The maximum atomic E-state index is 12.5. The summed E-state index contributed by atoms with van der Waals surface area (Å²) in [6, 6.07) is 31.2. The molecule has 1 aliphatic carbocycles. The van der Waals surface area contributed by atoms with Crippen molar-refractivity contribution >= 4 is 70.3 Å². The fourth-order valence-electron chi connectivity index (χ4n) is 5.67. The van der Waals surface area contributed by atoms with Crippen LogP contribution in [0.2, 0.25) is 0 Å². The second-order valence-electron chi connectivity index (χ2n) is 11.4. The van der Waals surface area contributed by atoms with Gasteiger partial charge in [-0.3, -0.25) is 0 Å². The Labute approximate surface area is 295 Å². The van der Waals surface area contributed by atoms with Crippen molar-refractivity contribution in [2.24, 2.45) is 0 Å². The maximum Gasteiger partial charge on any atom is 0.205 e. The van der Waals surface area contributed by atoms with Gasteiger partial charge in [0.2, 0.25) is 11.4 Å². The van der Waals surface area contributed by atoms with E-state index in [1.807, 2.05) is 48.6 Å². The van der Waals surface area contributed by atoms with Crippen LogP contribution in [0.25, 0.3) is 5.57 Å². The summed E-state index contributed by atoms with van der Waals surface area (Å²) in [5.74, 6) is 0. The van der Waals surface area contributed by atoms with Crippen molar-refractivity contribution < 1.29 is 17.5 Å². The van der Waals surface area contributed by atoms with Gasteiger partial charge < -0.3 is 9.45 Å². The normalized spacial score (nSPS) is 12.8. The van der Waals surface area contributed by atoms with Gasteiger partial charge in [0.15, 0.2) is 0 Å². The average molecular weight is 775 g/mol. The minimum atomic E-state index is -4.73. The highest BCUT2D eigenvalue weighted by atomic mass is 79.9. The van der Waals surface area contributed by atoms with Crippen LogP contribution in [0.4, 0.5) is 17.1 Å². The molecule has 0 unspecified atom stereocenters. The number of anilines is 2. The molecule has 5 rings (SSSR count). The van der Waals surface area contributed by atoms with E-state index in [2.05, 4.69) is 104 Å². The fraction of sp³-hybridized carbons (Fsp3) is 0.205. The van der Waals surface area contributed by atoms with Gasteiger partial charge in [0.25, 0.3) is 0 Å². The average Bonchev–Trinajstić information content (AvgIpc) is 3.08. The molecule has 0 saturated carbocycles. The Hall–Kier alpha value is -3.56. The summed E-state index contributed by atoms with van der Waals surface area (Å²) in [5, 5.41) is 0. The van der Waals surface area contributed by atoms with E-state index in [9.17, 15) is 13.0 Å². The SMILES string of the molecule is CCCCN(c1ccc(Br)cc1)c1ccc(C(=C2C=CC(=[N+](CCCC)c3ccc(Br)cc3)C=C2)c2ccccc2S(=O)(=O)[O-])cc1. The van der Waals surface area contributed by atoms with E-state index < -0.39 is 10.1 Å². The molecule has 0 bridgehead atoms. The third-order valence-corrected chi connectivity index (χ3v) is 10.1. The van der Waals surface area contributed by atoms with Gasteiger partial charge in [0, 0.05) is 63.1 Å². The molecule has 0 fully saturated rings. The van der Waals surface area contributed by atoms with E-state index in [0.29, 0.717) is 11.1 Å². The Kier molecular flexibility index (Phi) is 11.9. The molecule has 5 nitrogen and oxygen atoms in total. The third-order valence-electron chi connectivity index (χ3n) is 8.11. The van der Waals surface area contributed by atoms with Crippen LogP contribution in [-0.4, -0.2) is 36.3 Å². The molecule has 4 aromatic carbocycles. The molecule has 1 aliphatic rings. The second kappa shape index (κ2) is 16.0. The number of allylic oxidation sites excluding steroid dienone is 5. The minimum absolute atomic E-state index is 0.234. The fourth-order valence-corrected chi connectivity index (χ4v) is 6.89. The second-order valence-corrected chi connectivity index (χ2v) is 14.6. The molecule has 0 heterocycles. The topological polar surface area (TPSA) is 63.5 Å². The number of rotatable bonds is 12. The zero-order valence-electron chi connectivity index (χ0n) is 26.6. The quantitative estimate of drug-likeness (QED) is 0.106. The molecule has 0 aromatic heterocycles. The summed E-state index contributed by atoms with van der Waals surface area (Å²) in [6.45, 7) is 6.08. The van der Waals surface area contributed by atoms with E-state index in [0.717, 1.165) is 81.6 Å². The highest BCUT2D eigenvalue weighted by molar-refractivity contribution is 9.10. The zero-order chi connectivity index (χ0) is 33.4. The van der Waals surface area contributed by atoms with Crippen LogP contribution in [0, 0.1) is 0 Å². The summed E-state index contributed by atoms with van der Waals surface area (Å²) in [5.41, 5.74) is 6.96. The predicted molar refractivity (Wildman–Crippen MR) is 200 cm³/mol. The maximum absolute atomic E-state index is 12.5. The van der Waals surface area contributed by atoms with Crippen molar-refractivity contribution in [3.63, 3.8) is 0 Å². The smallest absolute Gasteiger partial charge is 0.205 e. The van der Waals surface area contributed by atoms with Crippen LogP contribution in [0.3, 0.4) is 0 Å². The highest BCUT2D eigenvalue weighted by Gasteiger charge is 2.21. The van der Waals surface area contributed by atoms with Gasteiger partial charge in [-0.15, -0.1) is 0 Å². The largest absolute Gasteiger partial charge is 0.744 e. The monoisotopic (exact) mass is 772 g/mol. The van der Waals surface area contributed by atoms with Crippen LogP contribution < -0.4 is 4.90 Å². The molecule has 0 aliphatic heterocycles. The van der Waals surface area contributed by atoms with Gasteiger partial charge in [-0.2, -0.15) is 4.58 Å². The summed E-state index contributed by atoms with van der Waals surface area (Å²) in [7, 11) is -4.73. The molecule has 0 N–H and O–H groups in total. The Balaban J connectivity index is 1.63. The molecule has 0 amide bonds. The Morgan fingerprint density at radius 2 is 1.28 bits per heavy atom. The summed E-state index contributed by atoms with van der Waals surface area (Å²) >= 11 is 7.08. The number of halogens is 2. The van der Waals surface area contributed by atoms with Crippen LogP contribution in [0.5, 0.6) is 0 Å². The molecule has 4 aromatic rings. The lowest BCUT2D eigenvalue weighted by Crippen LogP contribution is -2.18. The molecule has 0 radical (unpaired) electrons. The Morgan fingerprint density at radius 3 is 1.85 bits per heavy atom. The molecule has 0 spiro atoms. The molecule has 0 atom stereocenters. The first-order valence-corrected chi connectivity index (χ1v) is 18.9. The van der Waals surface area contributed by atoms with Crippen LogP contribution in [-0.2, 0) is 10.1 Å². The lowest BCUT2D eigenvalue weighted by atomic mass is 9.90. The predicted octanol–water partition coefficient (Wildman–Crippen LogP) is 10.6. The van der Waals surface area contributed by atoms with Crippen molar-refractivity contribution in [1.29, 1.82) is 0 Å². The van der Waals surface area contributed by atoms with Gasteiger partial charge in [-0.1, -0.05) is 88.9 Å². The number of nitrogens with zero attached hydrogens (tertiary/aromatic N) is 2. The van der Waals surface area contributed by atoms with E-state index in [1.165, 1.54) is 6.07 Å². The summed E-state index contributed by atoms with van der Waals surface area (Å²) in [6.07, 6.45) is 12.4. The van der Waals surface area contributed by atoms with Crippen LogP contribution in [0.1, 0.15) is 50.7 Å². The van der Waals surface area contributed by atoms with Crippen molar-refractivity contribution in [1.82, 2.24) is 0 Å². The minimum Gasteiger partial charge on any atom is -0.744 e. The van der Waals surface area contributed by atoms with E-state index in [4.69, 9.17) is 0 Å². The van der Waals surface area contributed by atoms with Gasteiger partial charge in [-0.25, -0.2) is 8.42 Å². The molecule has 8 heteroatoms. The number of hydrogen-bond acceptors (Lipinski definition) is 4. The van der Waals surface area contributed by atoms with E-state index in [-0.39, 0.29) is 4.90 Å². The van der Waals surface area contributed by atoms with Crippen molar-refractivity contribution in [3.05, 3.63) is 147 Å². The Morgan fingerprint density at radius 1 is 0.723 bits per heavy atom. The van der Waals surface area contributed by atoms with Gasteiger partial charge >= 0.3 is 0 Å². The first kappa shape index (κ1) is 34.8. The number of unbranched alkanes of at least 4 members (excludes halogenated alkanes) is 2. The molecular formula is C39H38Br2N2O3S.